The van der Waals surface area contributed by atoms with Crippen molar-refractivity contribution in [2.24, 2.45) is 5.92 Å². The molecular weight excluding hydrogens is 404 g/mol. The minimum atomic E-state index is -4.20. The Morgan fingerprint density at radius 1 is 0.862 bits per heavy atom. The van der Waals surface area contributed by atoms with E-state index in [1.54, 1.807) is 30.3 Å². The molecule has 3 rings (SSSR count). The summed E-state index contributed by atoms with van der Waals surface area (Å²) in [5.41, 5.74) is 2.62. The maximum atomic E-state index is 13.8. The fourth-order valence-electron chi connectivity index (χ4n) is 3.86. The van der Waals surface area contributed by atoms with E-state index in [0.717, 1.165) is 16.7 Å². The van der Waals surface area contributed by atoms with Crippen LogP contribution in [0, 0.1) is 19.8 Å². The Kier molecular flexibility index (Phi) is 5.62. The minimum absolute atomic E-state index is 0.0223. The van der Waals surface area contributed by atoms with Gasteiger partial charge < -0.3 is 0 Å². The van der Waals surface area contributed by atoms with Gasteiger partial charge in [0.25, 0.3) is 0 Å². The first kappa shape index (κ1) is 21.5. The monoisotopic (exact) mass is 430 g/mol. The van der Waals surface area contributed by atoms with E-state index in [2.05, 4.69) is 13.2 Å². The van der Waals surface area contributed by atoms with E-state index in [9.17, 15) is 16.8 Å². The zero-order valence-electron chi connectivity index (χ0n) is 16.8. The highest BCUT2D eigenvalue weighted by Gasteiger charge is 2.58. The normalized spacial score (nSPS) is 19.7. The summed E-state index contributed by atoms with van der Waals surface area (Å²) in [7, 11) is -8.40. The highest BCUT2D eigenvalue weighted by molar-refractivity contribution is 8.10. The molecule has 1 aliphatic carbocycles. The van der Waals surface area contributed by atoms with Gasteiger partial charge in [-0.2, -0.15) is 0 Å². The van der Waals surface area contributed by atoms with Crippen molar-refractivity contribution >= 4 is 19.7 Å². The highest BCUT2D eigenvalue weighted by atomic mass is 32.3. The quantitative estimate of drug-likeness (QED) is 0.640. The third-order valence-corrected chi connectivity index (χ3v) is 11.6. The second-order valence-corrected chi connectivity index (χ2v) is 12.5. The largest absolute Gasteiger partial charge is 0.222 e. The first-order valence-electron chi connectivity index (χ1n) is 9.48. The lowest BCUT2D eigenvalue weighted by atomic mass is 9.84. The van der Waals surface area contributed by atoms with E-state index < -0.39 is 23.8 Å². The smallest absolute Gasteiger partial charge is 0.198 e. The molecule has 2 aromatic carbocycles. The van der Waals surface area contributed by atoms with Gasteiger partial charge in [-0.25, -0.2) is 16.8 Å². The van der Waals surface area contributed by atoms with Gasteiger partial charge in [-0.15, -0.1) is 6.58 Å². The molecule has 0 amide bonds. The van der Waals surface area contributed by atoms with E-state index in [0.29, 0.717) is 6.42 Å². The average molecular weight is 431 g/mol. The molecular formula is C23H26O4S2. The molecule has 1 atom stereocenters. The molecule has 0 aromatic heterocycles. The van der Waals surface area contributed by atoms with Crippen molar-refractivity contribution in [1.82, 2.24) is 0 Å². The number of hydrogen-bond donors (Lipinski definition) is 0. The van der Waals surface area contributed by atoms with Crippen LogP contribution in [0.5, 0.6) is 0 Å². The van der Waals surface area contributed by atoms with Crippen LogP contribution in [0.1, 0.15) is 30.4 Å². The Balaban J connectivity index is 2.28. The summed E-state index contributed by atoms with van der Waals surface area (Å²) < 4.78 is 53.4. The first-order chi connectivity index (χ1) is 13.5. The van der Waals surface area contributed by atoms with Gasteiger partial charge in [0.2, 0.25) is 0 Å². The number of rotatable bonds is 5. The Hall–Kier alpha value is -2.18. The topological polar surface area (TPSA) is 68.3 Å². The summed E-state index contributed by atoms with van der Waals surface area (Å²) in [6.07, 6.45) is 1.81. The molecule has 0 saturated heterocycles. The van der Waals surface area contributed by atoms with Crippen LogP contribution in [0.3, 0.4) is 0 Å². The van der Waals surface area contributed by atoms with E-state index >= 15 is 0 Å². The van der Waals surface area contributed by atoms with Crippen LogP contribution in [-0.2, 0) is 19.7 Å². The molecule has 4 nitrogen and oxygen atoms in total. The summed E-state index contributed by atoms with van der Waals surface area (Å²) in [6.45, 7) is 11.5. The summed E-state index contributed by atoms with van der Waals surface area (Å²) in [5.74, 6) is -0.385. The van der Waals surface area contributed by atoms with Gasteiger partial charge in [-0.05, 0) is 63.3 Å². The molecule has 0 spiro atoms. The van der Waals surface area contributed by atoms with Gasteiger partial charge >= 0.3 is 0 Å². The third-order valence-electron chi connectivity index (χ3n) is 5.81. The van der Waals surface area contributed by atoms with Gasteiger partial charge in [-0.3, -0.25) is 0 Å². The number of allylic oxidation sites excluding steroid dienone is 2. The molecule has 2 aromatic rings. The predicted octanol–water partition coefficient (Wildman–Crippen LogP) is 4.79. The molecule has 6 heteroatoms. The van der Waals surface area contributed by atoms with Crippen molar-refractivity contribution in [2.45, 2.75) is 47.0 Å². The van der Waals surface area contributed by atoms with Crippen LogP contribution in [0.4, 0.5) is 0 Å². The van der Waals surface area contributed by atoms with Crippen molar-refractivity contribution in [2.75, 3.05) is 0 Å². The lowest BCUT2D eigenvalue weighted by Gasteiger charge is -2.40. The molecule has 1 saturated carbocycles. The van der Waals surface area contributed by atoms with Crippen LogP contribution in [0.15, 0.2) is 83.1 Å². The summed E-state index contributed by atoms with van der Waals surface area (Å²) in [5, 5.41) is 0. The van der Waals surface area contributed by atoms with Crippen LogP contribution in [0.25, 0.3) is 0 Å². The third kappa shape index (κ3) is 3.49. The Morgan fingerprint density at radius 2 is 1.28 bits per heavy atom. The van der Waals surface area contributed by atoms with Gasteiger partial charge in [0.15, 0.2) is 23.8 Å². The molecule has 1 fully saturated rings. The summed E-state index contributed by atoms with van der Waals surface area (Å²) in [6, 6.07) is 12.7. The molecule has 0 aliphatic heterocycles. The Morgan fingerprint density at radius 3 is 1.66 bits per heavy atom. The van der Waals surface area contributed by atoms with Crippen LogP contribution < -0.4 is 0 Å². The number of benzene rings is 2. The molecule has 0 N–H and O–H groups in total. The second kappa shape index (κ2) is 7.58. The number of sulfone groups is 2. The van der Waals surface area contributed by atoms with Gasteiger partial charge in [0.1, 0.15) is 0 Å². The van der Waals surface area contributed by atoms with Crippen molar-refractivity contribution in [3.63, 3.8) is 0 Å². The Labute approximate surface area is 173 Å². The van der Waals surface area contributed by atoms with Gasteiger partial charge in [0.05, 0.1) is 9.79 Å². The van der Waals surface area contributed by atoms with Crippen LogP contribution >= 0.6 is 0 Å². The zero-order chi connectivity index (χ0) is 21.4. The van der Waals surface area contributed by atoms with Gasteiger partial charge in [-0.1, -0.05) is 53.6 Å². The highest BCUT2D eigenvalue weighted by Crippen LogP contribution is 2.49. The lowest BCUT2D eigenvalue weighted by molar-refractivity contribution is 0.444. The first-order valence-corrected chi connectivity index (χ1v) is 12.4. The minimum Gasteiger partial charge on any atom is -0.222 e. The molecule has 0 heterocycles. The van der Waals surface area contributed by atoms with E-state index in [4.69, 9.17) is 0 Å². The zero-order valence-corrected chi connectivity index (χ0v) is 18.4. The maximum absolute atomic E-state index is 13.8. The Bertz CT molecular complexity index is 1060. The molecule has 29 heavy (non-hydrogen) atoms. The van der Waals surface area contributed by atoms with E-state index in [-0.39, 0.29) is 28.6 Å². The predicted molar refractivity (Wildman–Crippen MR) is 116 cm³/mol. The van der Waals surface area contributed by atoms with Crippen molar-refractivity contribution < 1.29 is 16.8 Å². The molecule has 1 aliphatic rings. The van der Waals surface area contributed by atoms with Crippen LogP contribution in [-0.4, -0.2) is 20.9 Å². The maximum Gasteiger partial charge on any atom is 0.198 e. The second-order valence-electron chi connectivity index (χ2n) is 7.75. The molecule has 154 valence electrons. The molecule has 0 bridgehead atoms. The van der Waals surface area contributed by atoms with Crippen molar-refractivity contribution in [3.05, 3.63) is 84.5 Å². The van der Waals surface area contributed by atoms with Crippen molar-refractivity contribution in [1.29, 1.82) is 0 Å². The fraction of sp³-hybridized carbons (Fsp3) is 0.304. The fourth-order valence-corrected chi connectivity index (χ4v) is 8.99. The van der Waals surface area contributed by atoms with Crippen LogP contribution in [0.2, 0.25) is 0 Å². The molecule has 0 radical (unpaired) electrons. The number of aryl methyl sites for hydroxylation is 2. The van der Waals surface area contributed by atoms with E-state index in [1.807, 2.05) is 13.8 Å². The lowest BCUT2D eigenvalue weighted by Crippen LogP contribution is -2.50. The summed E-state index contributed by atoms with van der Waals surface area (Å²) >= 11 is 0. The van der Waals surface area contributed by atoms with Gasteiger partial charge in [0, 0.05) is 0 Å². The standard InChI is InChI=1S/C23H26O4S2/c1-5-20-16-23(15-14-19(20)4,28(24,25)21-10-6-17(2)7-11-21)29(26,27)22-12-8-18(3)9-13-22/h5-13,20H,1,4,14-16H2,2-3H3. The van der Waals surface area contributed by atoms with E-state index in [1.165, 1.54) is 24.3 Å². The average Bonchev–Trinajstić information content (AvgIpc) is 2.68. The molecule has 1 unspecified atom stereocenters. The van der Waals surface area contributed by atoms with Crippen molar-refractivity contribution in [3.8, 4) is 0 Å². The summed E-state index contributed by atoms with van der Waals surface area (Å²) in [4.78, 5) is 0.0447. The number of hydrogen-bond acceptors (Lipinski definition) is 4. The SMILES string of the molecule is C=CC1CC(S(=O)(=O)c2ccc(C)cc2)(S(=O)(=O)c2ccc(C)cc2)CCC1=C.